The Labute approximate surface area is 124 Å². The van der Waals surface area contributed by atoms with E-state index < -0.39 is 0 Å². The Bertz CT molecular complexity index is 536. The van der Waals surface area contributed by atoms with E-state index in [1.165, 1.54) is 0 Å². The molecule has 0 saturated heterocycles. The van der Waals surface area contributed by atoms with Gasteiger partial charge in [0.15, 0.2) is 0 Å². The topological polar surface area (TPSA) is 64.9 Å². The van der Waals surface area contributed by atoms with E-state index >= 15 is 0 Å². The van der Waals surface area contributed by atoms with Crippen LogP contribution in [0.25, 0.3) is 11.4 Å². The summed E-state index contributed by atoms with van der Waals surface area (Å²) in [6.45, 7) is 7.03. The average molecular weight is 291 g/mol. The lowest BCUT2D eigenvalue weighted by Gasteiger charge is -2.14. The van der Waals surface area contributed by atoms with Gasteiger partial charge >= 0.3 is 0 Å². The van der Waals surface area contributed by atoms with Crippen molar-refractivity contribution in [2.75, 3.05) is 5.75 Å². The van der Waals surface area contributed by atoms with Crippen molar-refractivity contribution in [1.29, 1.82) is 0 Å². The van der Waals surface area contributed by atoms with Crippen LogP contribution in [0.5, 0.6) is 0 Å². The van der Waals surface area contributed by atoms with E-state index in [9.17, 15) is 0 Å². The molecule has 4 nitrogen and oxygen atoms in total. The first-order chi connectivity index (χ1) is 9.65. The highest BCUT2D eigenvalue weighted by Gasteiger charge is 2.22. The minimum absolute atomic E-state index is 0.254. The second-order valence-electron chi connectivity index (χ2n) is 4.98. The standard InChI is InChI=1S/C15H21N3OS/c1-4-20-13(10(2)3)15-17-14(18-19-15)12-7-5-11(9-16)6-8-12/h5-8,10,13H,4,9,16H2,1-3H3. The smallest absolute Gasteiger partial charge is 0.240 e. The van der Waals surface area contributed by atoms with Crippen LogP contribution >= 0.6 is 11.8 Å². The average Bonchev–Trinajstić information content (AvgIpc) is 2.94. The molecular weight excluding hydrogens is 270 g/mol. The minimum atomic E-state index is 0.254. The maximum atomic E-state index is 5.60. The van der Waals surface area contributed by atoms with Gasteiger partial charge in [-0.25, -0.2) is 0 Å². The minimum Gasteiger partial charge on any atom is -0.338 e. The van der Waals surface area contributed by atoms with Gasteiger partial charge < -0.3 is 10.3 Å². The lowest BCUT2D eigenvalue weighted by atomic mass is 10.1. The first-order valence-electron chi connectivity index (χ1n) is 6.90. The maximum absolute atomic E-state index is 5.60. The molecular formula is C15H21N3OS. The van der Waals surface area contributed by atoms with Crippen LogP contribution in [-0.4, -0.2) is 15.9 Å². The van der Waals surface area contributed by atoms with Gasteiger partial charge in [0.2, 0.25) is 11.7 Å². The molecule has 2 aromatic rings. The van der Waals surface area contributed by atoms with E-state index in [-0.39, 0.29) is 5.25 Å². The number of thioether (sulfide) groups is 1. The first-order valence-corrected chi connectivity index (χ1v) is 7.95. The van der Waals surface area contributed by atoms with Gasteiger partial charge in [-0.15, -0.1) is 11.8 Å². The van der Waals surface area contributed by atoms with Gasteiger partial charge in [0.05, 0.1) is 5.25 Å². The Morgan fingerprint density at radius 3 is 2.50 bits per heavy atom. The van der Waals surface area contributed by atoms with E-state index in [0.29, 0.717) is 24.2 Å². The molecule has 2 N–H and O–H groups in total. The fraction of sp³-hybridized carbons (Fsp3) is 0.467. The number of hydrogen-bond donors (Lipinski definition) is 1. The van der Waals surface area contributed by atoms with Crippen LogP contribution in [0.2, 0.25) is 0 Å². The molecule has 0 aliphatic heterocycles. The predicted molar refractivity (Wildman–Crippen MR) is 83.3 cm³/mol. The summed E-state index contributed by atoms with van der Waals surface area (Å²) in [6, 6.07) is 7.94. The number of benzene rings is 1. The van der Waals surface area contributed by atoms with Gasteiger partial charge in [-0.1, -0.05) is 50.2 Å². The van der Waals surface area contributed by atoms with Crippen molar-refractivity contribution >= 4 is 11.8 Å². The SMILES string of the molecule is CCSC(c1nc(-c2ccc(CN)cc2)no1)C(C)C. The molecule has 108 valence electrons. The molecule has 5 heteroatoms. The normalized spacial score (nSPS) is 12.8. The van der Waals surface area contributed by atoms with Crippen molar-refractivity contribution in [3.63, 3.8) is 0 Å². The van der Waals surface area contributed by atoms with Crippen molar-refractivity contribution in [2.45, 2.75) is 32.6 Å². The van der Waals surface area contributed by atoms with E-state index in [2.05, 4.69) is 30.9 Å². The van der Waals surface area contributed by atoms with Crippen molar-refractivity contribution in [3.8, 4) is 11.4 Å². The van der Waals surface area contributed by atoms with Gasteiger partial charge in [-0.2, -0.15) is 4.98 Å². The van der Waals surface area contributed by atoms with Crippen LogP contribution in [0.15, 0.2) is 28.8 Å². The fourth-order valence-corrected chi connectivity index (χ4v) is 2.97. The van der Waals surface area contributed by atoms with Crippen molar-refractivity contribution < 1.29 is 4.52 Å². The predicted octanol–water partition coefficient (Wildman–Crippen LogP) is 3.65. The van der Waals surface area contributed by atoms with Crippen LogP contribution in [-0.2, 0) is 6.54 Å². The quantitative estimate of drug-likeness (QED) is 0.880. The van der Waals surface area contributed by atoms with Crippen LogP contribution in [0, 0.1) is 5.92 Å². The summed E-state index contributed by atoms with van der Waals surface area (Å²) in [7, 11) is 0. The molecule has 0 bridgehead atoms. The highest BCUT2D eigenvalue weighted by Crippen LogP contribution is 2.35. The molecule has 1 aromatic carbocycles. The Hall–Kier alpha value is -1.33. The molecule has 1 heterocycles. The number of nitrogens with zero attached hydrogens (tertiary/aromatic N) is 2. The maximum Gasteiger partial charge on any atom is 0.240 e. The third-order valence-electron chi connectivity index (χ3n) is 3.08. The van der Waals surface area contributed by atoms with Crippen LogP contribution in [0.3, 0.4) is 0 Å². The fourth-order valence-electron chi connectivity index (χ4n) is 1.99. The molecule has 0 saturated carbocycles. The zero-order valence-electron chi connectivity index (χ0n) is 12.2. The Morgan fingerprint density at radius 2 is 1.95 bits per heavy atom. The number of aromatic nitrogens is 2. The highest BCUT2D eigenvalue weighted by molar-refractivity contribution is 7.99. The Balaban J connectivity index is 2.22. The molecule has 20 heavy (non-hydrogen) atoms. The summed E-state index contributed by atoms with van der Waals surface area (Å²) < 4.78 is 5.44. The first kappa shape index (κ1) is 15.1. The van der Waals surface area contributed by atoms with Gasteiger partial charge in [-0.3, -0.25) is 0 Å². The third kappa shape index (κ3) is 3.41. The Kier molecular flexibility index (Phi) is 5.20. The molecule has 0 radical (unpaired) electrons. The molecule has 0 spiro atoms. The number of rotatable bonds is 6. The summed E-state index contributed by atoms with van der Waals surface area (Å²) in [5.74, 6) is 2.86. The second kappa shape index (κ2) is 6.90. The van der Waals surface area contributed by atoms with Crippen LogP contribution < -0.4 is 5.73 Å². The molecule has 0 aliphatic rings. The molecule has 1 atom stereocenters. The van der Waals surface area contributed by atoms with Crippen LogP contribution in [0.4, 0.5) is 0 Å². The van der Waals surface area contributed by atoms with E-state index in [1.54, 1.807) is 0 Å². The second-order valence-corrected chi connectivity index (χ2v) is 6.40. The number of hydrogen-bond acceptors (Lipinski definition) is 5. The zero-order valence-corrected chi connectivity index (χ0v) is 13.0. The summed E-state index contributed by atoms with van der Waals surface area (Å²) in [6.07, 6.45) is 0. The van der Waals surface area contributed by atoms with Crippen molar-refractivity contribution in [1.82, 2.24) is 10.1 Å². The van der Waals surface area contributed by atoms with Gasteiger partial charge in [0.1, 0.15) is 0 Å². The monoisotopic (exact) mass is 291 g/mol. The summed E-state index contributed by atoms with van der Waals surface area (Å²) in [5, 5.41) is 4.35. The van der Waals surface area contributed by atoms with Crippen LogP contribution in [0.1, 0.15) is 37.5 Å². The van der Waals surface area contributed by atoms with Gasteiger partial charge in [0, 0.05) is 12.1 Å². The molecule has 0 amide bonds. The highest BCUT2D eigenvalue weighted by atomic mass is 32.2. The van der Waals surface area contributed by atoms with Crippen molar-refractivity contribution in [2.24, 2.45) is 11.7 Å². The molecule has 1 aromatic heterocycles. The summed E-state index contributed by atoms with van der Waals surface area (Å²) >= 11 is 1.84. The zero-order chi connectivity index (χ0) is 14.5. The lowest BCUT2D eigenvalue weighted by Crippen LogP contribution is -2.03. The van der Waals surface area contributed by atoms with Gasteiger partial charge in [-0.05, 0) is 17.2 Å². The molecule has 0 fully saturated rings. The summed E-state index contributed by atoms with van der Waals surface area (Å²) in [5.41, 5.74) is 7.65. The molecule has 2 rings (SSSR count). The van der Waals surface area contributed by atoms with E-state index in [0.717, 1.165) is 16.9 Å². The molecule has 1 unspecified atom stereocenters. The van der Waals surface area contributed by atoms with E-state index in [1.807, 2.05) is 36.0 Å². The van der Waals surface area contributed by atoms with E-state index in [4.69, 9.17) is 10.3 Å². The summed E-state index contributed by atoms with van der Waals surface area (Å²) in [4.78, 5) is 4.55. The lowest BCUT2D eigenvalue weighted by molar-refractivity contribution is 0.360. The van der Waals surface area contributed by atoms with Gasteiger partial charge in [0.25, 0.3) is 0 Å². The number of nitrogens with two attached hydrogens (primary N) is 1. The van der Waals surface area contributed by atoms with Crippen molar-refractivity contribution in [3.05, 3.63) is 35.7 Å². The third-order valence-corrected chi connectivity index (χ3v) is 4.52. The Morgan fingerprint density at radius 1 is 1.25 bits per heavy atom. The largest absolute Gasteiger partial charge is 0.338 e. The molecule has 0 aliphatic carbocycles.